The summed E-state index contributed by atoms with van der Waals surface area (Å²) in [6.07, 6.45) is 3.75. The van der Waals surface area contributed by atoms with Crippen molar-refractivity contribution in [3.63, 3.8) is 0 Å². The fourth-order valence-corrected chi connectivity index (χ4v) is 7.34. The fraction of sp³-hybridized carbons (Fsp3) is 0.440. The molecule has 0 radical (unpaired) electrons. The minimum atomic E-state index is -0.124. The molecule has 3 aromatic rings. The van der Waals surface area contributed by atoms with Crippen molar-refractivity contribution < 1.29 is 9.59 Å². The molecule has 2 nitrogen and oxygen atoms in total. The summed E-state index contributed by atoms with van der Waals surface area (Å²) >= 11 is 0. The summed E-state index contributed by atoms with van der Waals surface area (Å²) in [5, 5.41) is 16.4. The van der Waals surface area contributed by atoms with Crippen LogP contribution in [0.2, 0.25) is 0 Å². The summed E-state index contributed by atoms with van der Waals surface area (Å²) in [6.45, 7) is 5.73. The van der Waals surface area contributed by atoms with Crippen molar-refractivity contribution in [2.45, 2.75) is 44.4 Å². The molecule has 0 aromatic heterocycles. The zero-order valence-corrected chi connectivity index (χ0v) is 16.1. The van der Waals surface area contributed by atoms with Gasteiger partial charge in [0.25, 0.3) is 0 Å². The van der Waals surface area contributed by atoms with E-state index in [1.807, 2.05) is 0 Å². The highest BCUT2D eigenvalue weighted by Crippen LogP contribution is 2.60. The van der Waals surface area contributed by atoms with E-state index in [1.54, 1.807) is 0 Å². The van der Waals surface area contributed by atoms with Gasteiger partial charge in [0.1, 0.15) is 24.7 Å². The molecule has 3 aromatic carbocycles. The van der Waals surface area contributed by atoms with E-state index in [-0.39, 0.29) is 11.6 Å². The Hall–Kier alpha value is -1.90. The second-order valence-electron chi connectivity index (χ2n) is 9.47. The van der Waals surface area contributed by atoms with Gasteiger partial charge in [-0.2, -0.15) is 0 Å². The van der Waals surface area contributed by atoms with Crippen LogP contribution in [-0.2, 0) is 6.54 Å². The van der Waals surface area contributed by atoms with Crippen molar-refractivity contribution in [2.24, 2.45) is 11.8 Å². The first-order valence-corrected chi connectivity index (χ1v) is 10.6. The van der Waals surface area contributed by atoms with Crippen molar-refractivity contribution >= 4 is 21.5 Å². The molecule has 2 saturated heterocycles. The van der Waals surface area contributed by atoms with Crippen LogP contribution < -0.4 is 0 Å². The SMILES string of the molecule is C[C@@]12[C@H]3CC[C@@H]1[C@H](O)C[N@+]2(Cc1c2ccccc2cc2ccccc12)CC3. The molecule has 3 fully saturated rings. The van der Waals surface area contributed by atoms with Gasteiger partial charge < -0.3 is 9.59 Å². The van der Waals surface area contributed by atoms with Gasteiger partial charge in [0.2, 0.25) is 0 Å². The number of benzene rings is 3. The number of fused-ring (bicyclic) bond motifs is 2. The number of quaternary nitrogens is 1. The number of rotatable bonds is 2. The quantitative estimate of drug-likeness (QED) is 0.512. The Morgan fingerprint density at radius 1 is 0.963 bits per heavy atom. The Kier molecular flexibility index (Phi) is 3.18. The zero-order chi connectivity index (χ0) is 18.2. The van der Waals surface area contributed by atoms with E-state index in [0.29, 0.717) is 5.92 Å². The third-order valence-electron chi connectivity index (χ3n) is 8.68. The predicted molar refractivity (Wildman–Crippen MR) is 110 cm³/mol. The van der Waals surface area contributed by atoms with E-state index in [2.05, 4.69) is 61.5 Å². The topological polar surface area (TPSA) is 20.2 Å². The van der Waals surface area contributed by atoms with E-state index in [9.17, 15) is 5.11 Å². The Bertz CT molecular complexity index is 1000. The third kappa shape index (κ3) is 1.93. The smallest absolute Gasteiger partial charge is 0.112 e. The lowest BCUT2D eigenvalue weighted by atomic mass is 9.83. The lowest BCUT2D eigenvalue weighted by molar-refractivity contribution is -0.965. The average molecular weight is 359 g/mol. The maximum atomic E-state index is 10.9. The molecule has 1 saturated carbocycles. The van der Waals surface area contributed by atoms with Gasteiger partial charge in [0.05, 0.1) is 6.54 Å². The molecule has 0 unspecified atom stereocenters. The minimum absolute atomic E-state index is 0.124. The summed E-state index contributed by atoms with van der Waals surface area (Å²) in [5.74, 6) is 1.28. The number of hydrogen-bond donors (Lipinski definition) is 1. The van der Waals surface area contributed by atoms with Crippen LogP contribution >= 0.6 is 0 Å². The van der Waals surface area contributed by atoms with Gasteiger partial charge in [-0.15, -0.1) is 0 Å². The number of hydrogen-bond acceptors (Lipinski definition) is 1. The molecule has 0 spiro atoms. The second-order valence-corrected chi connectivity index (χ2v) is 9.47. The van der Waals surface area contributed by atoms with E-state index < -0.39 is 0 Å². The number of nitrogens with zero attached hydrogens (tertiary/aromatic N) is 1. The zero-order valence-electron chi connectivity index (χ0n) is 16.1. The van der Waals surface area contributed by atoms with E-state index in [0.717, 1.165) is 23.5 Å². The molecule has 2 heteroatoms. The maximum Gasteiger partial charge on any atom is 0.112 e. The molecule has 0 amide bonds. The van der Waals surface area contributed by atoms with Gasteiger partial charge in [-0.25, -0.2) is 0 Å². The Balaban J connectivity index is 1.58. The van der Waals surface area contributed by atoms with Crippen molar-refractivity contribution in [1.29, 1.82) is 0 Å². The maximum absolute atomic E-state index is 10.9. The first kappa shape index (κ1) is 16.1. The normalized spacial score (nSPS) is 37.3. The van der Waals surface area contributed by atoms with E-state index in [4.69, 9.17) is 0 Å². The van der Waals surface area contributed by atoms with E-state index in [1.165, 1.54) is 52.9 Å². The van der Waals surface area contributed by atoms with Gasteiger partial charge in [-0.3, -0.25) is 0 Å². The van der Waals surface area contributed by atoms with Crippen molar-refractivity contribution in [3.05, 3.63) is 60.2 Å². The molecule has 5 atom stereocenters. The third-order valence-corrected chi connectivity index (χ3v) is 8.68. The summed E-state index contributed by atoms with van der Waals surface area (Å²) in [4.78, 5) is 0. The van der Waals surface area contributed by atoms with Gasteiger partial charge in [-0.05, 0) is 47.4 Å². The van der Waals surface area contributed by atoms with Crippen LogP contribution in [0.5, 0.6) is 0 Å². The standard InChI is InChI=1S/C25H28NO/c1-25-19-10-11-23(25)24(27)16-26(25,13-12-19)15-22-20-8-4-2-6-17(20)14-18-7-3-5-9-21(18)22/h2-9,14,19,23-24,27H,10-13,15-16H2,1H3/q+1/t19-,23+,24+,25+,26+/m0/s1. The average Bonchev–Trinajstić information content (AvgIpc) is 3.24. The van der Waals surface area contributed by atoms with Crippen LogP contribution in [0.3, 0.4) is 0 Å². The van der Waals surface area contributed by atoms with Crippen molar-refractivity contribution in [1.82, 2.24) is 0 Å². The lowest BCUT2D eigenvalue weighted by Crippen LogP contribution is -2.57. The molecule has 2 heterocycles. The van der Waals surface area contributed by atoms with Crippen LogP contribution in [0.15, 0.2) is 54.6 Å². The highest BCUT2D eigenvalue weighted by atomic mass is 16.3. The van der Waals surface area contributed by atoms with Crippen molar-refractivity contribution in [2.75, 3.05) is 13.1 Å². The van der Waals surface area contributed by atoms with Crippen LogP contribution in [0, 0.1) is 11.8 Å². The largest absolute Gasteiger partial charge is 0.387 e. The summed E-state index contributed by atoms with van der Waals surface area (Å²) < 4.78 is 1.10. The van der Waals surface area contributed by atoms with Crippen LogP contribution in [0.4, 0.5) is 0 Å². The van der Waals surface area contributed by atoms with Gasteiger partial charge in [-0.1, -0.05) is 48.5 Å². The van der Waals surface area contributed by atoms with Gasteiger partial charge in [0.15, 0.2) is 0 Å². The van der Waals surface area contributed by atoms with Crippen molar-refractivity contribution in [3.8, 4) is 0 Å². The Morgan fingerprint density at radius 2 is 1.63 bits per heavy atom. The monoisotopic (exact) mass is 358 g/mol. The van der Waals surface area contributed by atoms with Crippen LogP contribution in [-0.4, -0.2) is 34.3 Å². The highest BCUT2D eigenvalue weighted by Gasteiger charge is 2.70. The second kappa shape index (κ2) is 5.33. The molecular formula is C25H28NO+. The molecule has 6 rings (SSSR count). The molecule has 1 N–H and O–H groups in total. The number of aliphatic hydroxyl groups is 1. The summed E-state index contributed by atoms with van der Waals surface area (Å²) in [7, 11) is 0. The fourth-order valence-electron chi connectivity index (χ4n) is 7.34. The lowest BCUT2D eigenvalue weighted by Gasteiger charge is -2.44. The summed E-state index contributed by atoms with van der Waals surface area (Å²) in [6, 6.07) is 20.1. The highest BCUT2D eigenvalue weighted by molar-refractivity contribution is 6.02. The van der Waals surface area contributed by atoms with Gasteiger partial charge >= 0.3 is 0 Å². The first-order valence-electron chi connectivity index (χ1n) is 10.6. The van der Waals surface area contributed by atoms with Crippen LogP contribution in [0.1, 0.15) is 31.7 Å². The molecule has 2 aliphatic heterocycles. The molecule has 1 aliphatic carbocycles. The summed E-state index contributed by atoms with van der Waals surface area (Å²) in [5.41, 5.74) is 1.75. The molecule has 27 heavy (non-hydrogen) atoms. The Morgan fingerprint density at radius 3 is 2.33 bits per heavy atom. The van der Waals surface area contributed by atoms with Crippen LogP contribution in [0.25, 0.3) is 21.5 Å². The Labute approximate surface area is 161 Å². The van der Waals surface area contributed by atoms with E-state index >= 15 is 0 Å². The molecule has 138 valence electrons. The molecule has 3 aliphatic rings. The first-order chi connectivity index (χ1) is 13.1. The molecule has 0 bridgehead atoms. The number of aliphatic hydroxyl groups excluding tert-OH is 1. The predicted octanol–water partition coefficient (Wildman–Crippen LogP) is 4.87. The molecular weight excluding hydrogens is 330 g/mol. The minimum Gasteiger partial charge on any atom is -0.387 e. The van der Waals surface area contributed by atoms with Gasteiger partial charge in [0, 0.05) is 23.8 Å².